The highest BCUT2D eigenvalue weighted by Gasteiger charge is 2.57. The fourth-order valence-electron chi connectivity index (χ4n) is 3.78. The molecule has 1 N–H and O–H groups in total. The van der Waals surface area contributed by atoms with Crippen molar-refractivity contribution in [1.82, 2.24) is 14.7 Å². The molecule has 0 bridgehead atoms. The van der Waals surface area contributed by atoms with Gasteiger partial charge in [-0.25, -0.2) is 18.6 Å². The van der Waals surface area contributed by atoms with Crippen molar-refractivity contribution in [3.8, 4) is 5.75 Å². The Labute approximate surface area is 228 Å². The lowest BCUT2D eigenvalue weighted by Crippen LogP contribution is -2.47. The normalized spacial score (nSPS) is 13.4. The molecule has 0 aliphatic rings. The Hall–Kier alpha value is -4.12. The monoisotopic (exact) mass is 621 g/mol. The van der Waals surface area contributed by atoms with Crippen LogP contribution in [0.4, 0.5) is 48.3 Å². The highest BCUT2D eigenvalue weighted by atomic mass is 19.4. The van der Waals surface area contributed by atoms with Crippen LogP contribution in [0.5, 0.6) is 5.75 Å². The highest BCUT2D eigenvalue weighted by Crippen LogP contribution is 2.42. The number of pyridine rings is 1. The molecule has 2 aromatic heterocycles. The van der Waals surface area contributed by atoms with E-state index in [-0.39, 0.29) is 17.1 Å². The maximum absolute atomic E-state index is 14.0. The van der Waals surface area contributed by atoms with Gasteiger partial charge < -0.3 is 14.8 Å². The van der Waals surface area contributed by atoms with Crippen molar-refractivity contribution in [3.05, 3.63) is 65.1 Å². The van der Waals surface area contributed by atoms with Crippen LogP contribution in [-0.2, 0) is 16.1 Å². The van der Waals surface area contributed by atoms with E-state index in [1.807, 2.05) is 0 Å². The van der Waals surface area contributed by atoms with Crippen LogP contribution in [0.25, 0.3) is 5.65 Å². The number of alkyl halides is 9. The molecule has 0 aliphatic heterocycles. The molecule has 3 aromatic rings. The minimum atomic E-state index is -5.92. The molecule has 2 heterocycles. The summed E-state index contributed by atoms with van der Waals surface area (Å²) in [4.78, 5) is 28.1. The van der Waals surface area contributed by atoms with Crippen LogP contribution in [0.15, 0.2) is 36.5 Å². The fraction of sp³-hybridized carbons (Fsp3) is 0.375. The number of carbonyl (C=O) groups is 2. The number of aryl methyl sites for hydroxylation is 1. The number of nitrogens with one attached hydrogen (secondary N) is 1. The van der Waals surface area contributed by atoms with Gasteiger partial charge in [0.2, 0.25) is 0 Å². The van der Waals surface area contributed by atoms with Gasteiger partial charge in [-0.3, -0.25) is 9.20 Å². The number of ether oxygens (including phenoxy) is 2. The van der Waals surface area contributed by atoms with Gasteiger partial charge in [-0.05, 0) is 37.6 Å². The van der Waals surface area contributed by atoms with Gasteiger partial charge in [-0.1, -0.05) is 6.07 Å². The second-order valence-electron chi connectivity index (χ2n) is 8.74. The molecule has 1 amide bonds. The van der Waals surface area contributed by atoms with Crippen molar-refractivity contribution < 1.29 is 67.4 Å². The molecule has 1 atom stereocenters. The number of imidazole rings is 1. The van der Waals surface area contributed by atoms with Gasteiger partial charge in [0.25, 0.3) is 5.91 Å². The summed E-state index contributed by atoms with van der Waals surface area (Å²) in [5.41, 5.74) is -1.29. The van der Waals surface area contributed by atoms with Gasteiger partial charge in [0.05, 0.1) is 17.3 Å². The van der Waals surface area contributed by atoms with E-state index < -0.39 is 84.9 Å². The smallest absolute Gasteiger partial charge is 0.485 e. The summed E-state index contributed by atoms with van der Waals surface area (Å²) < 4.78 is 155. The lowest BCUT2D eigenvalue weighted by atomic mass is 9.98. The van der Waals surface area contributed by atoms with Crippen LogP contribution < -0.4 is 10.1 Å². The molecule has 0 saturated carbocycles. The lowest BCUT2D eigenvalue weighted by Gasteiger charge is -2.27. The molecule has 18 heteroatoms. The first-order valence-corrected chi connectivity index (χ1v) is 11.5. The van der Waals surface area contributed by atoms with Crippen molar-refractivity contribution in [1.29, 1.82) is 0 Å². The number of fused-ring (bicyclic) bond motifs is 1. The number of carbonyl (C=O) groups excluding carboxylic acids is 2. The Morgan fingerprint density at radius 2 is 1.55 bits per heavy atom. The molecule has 0 spiro atoms. The standard InChI is InChI=1S/C24H18F11N3O4/c1-11-18(38-7-3-6-16(19(38)36-11)41-10-13-14(25)4-2-5-15(13)26)20(39)37-12(9-42-21(40)24(33,34)35)8-17(22(27,28)29)23(30,31)32/h2-7,12,17H,8-10H2,1H3,(H,37,39). The molecule has 7 nitrogen and oxygen atoms in total. The zero-order chi connectivity index (χ0) is 31.6. The average molecular weight is 621 g/mol. The number of hydrogen-bond acceptors (Lipinski definition) is 5. The summed E-state index contributed by atoms with van der Waals surface area (Å²) in [7, 11) is 0. The Balaban J connectivity index is 1.91. The van der Waals surface area contributed by atoms with Gasteiger partial charge in [0.15, 0.2) is 17.3 Å². The molecule has 42 heavy (non-hydrogen) atoms. The van der Waals surface area contributed by atoms with E-state index in [2.05, 4.69) is 9.72 Å². The van der Waals surface area contributed by atoms with Crippen LogP contribution in [0.3, 0.4) is 0 Å². The SMILES string of the molecule is Cc1nc2c(OCc3c(F)cccc3F)cccn2c1C(=O)NC(COC(=O)C(F)(F)F)CC(C(F)(F)F)C(F)(F)F. The molecule has 230 valence electrons. The van der Waals surface area contributed by atoms with E-state index in [4.69, 9.17) is 4.74 Å². The third kappa shape index (κ3) is 7.58. The van der Waals surface area contributed by atoms with Gasteiger partial charge in [0, 0.05) is 6.20 Å². The Bertz CT molecular complexity index is 1410. The van der Waals surface area contributed by atoms with Crippen LogP contribution in [-0.4, -0.2) is 52.4 Å². The maximum atomic E-state index is 14.0. The van der Waals surface area contributed by atoms with E-state index in [0.717, 1.165) is 22.6 Å². The topological polar surface area (TPSA) is 81.9 Å². The van der Waals surface area contributed by atoms with Crippen molar-refractivity contribution in [2.45, 2.75) is 44.5 Å². The Morgan fingerprint density at radius 1 is 0.952 bits per heavy atom. The van der Waals surface area contributed by atoms with Crippen molar-refractivity contribution >= 4 is 17.5 Å². The zero-order valence-corrected chi connectivity index (χ0v) is 20.9. The number of esters is 1. The fourth-order valence-corrected chi connectivity index (χ4v) is 3.78. The first-order chi connectivity index (χ1) is 19.3. The highest BCUT2D eigenvalue weighted by molar-refractivity contribution is 5.95. The number of halogens is 11. The maximum Gasteiger partial charge on any atom is 0.490 e. The van der Waals surface area contributed by atoms with Gasteiger partial charge in [-0.15, -0.1) is 0 Å². The Kier molecular flexibility index (Phi) is 9.26. The number of benzene rings is 1. The van der Waals surface area contributed by atoms with Crippen LogP contribution in [0.1, 0.15) is 28.2 Å². The molecule has 3 rings (SSSR count). The second-order valence-corrected chi connectivity index (χ2v) is 8.74. The van der Waals surface area contributed by atoms with Crippen molar-refractivity contribution in [2.75, 3.05) is 6.61 Å². The van der Waals surface area contributed by atoms with E-state index in [9.17, 15) is 57.9 Å². The number of aromatic nitrogens is 2. The summed E-state index contributed by atoms with van der Waals surface area (Å²) in [6.07, 6.45) is -18.3. The van der Waals surface area contributed by atoms with Gasteiger partial charge in [-0.2, -0.15) is 39.5 Å². The molecule has 0 radical (unpaired) electrons. The number of hydrogen-bond donors (Lipinski definition) is 1. The average Bonchev–Trinajstić information content (AvgIpc) is 3.19. The molecule has 0 saturated heterocycles. The summed E-state index contributed by atoms with van der Waals surface area (Å²) in [5.74, 6) is -10.4. The molecule has 1 aromatic carbocycles. The largest absolute Gasteiger partial charge is 0.490 e. The number of amides is 1. The van der Waals surface area contributed by atoms with Gasteiger partial charge in [0.1, 0.15) is 30.5 Å². The second kappa shape index (κ2) is 12.0. The van der Waals surface area contributed by atoms with Crippen LogP contribution in [0.2, 0.25) is 0 Å². The van der Waals surface area contributed by atoms with Crippen LogP contribution >= 0.6 is 0 Å². The predicted molar refractivity (Wildman–Crippen MR) is 119 cm³/mol. The third-order valence-corrected chi connectivity index (χ3v) is 5.73. The summed E-state index contributed by atoms with van der Waals surface area (Å²) >= 11 is 0. The first-order valence-electron chi connectivity index (χ1n) is 11.5. The molecule has 1 unspecified atom stereocenters. The van der Waals surface area contributed by atoms with E-state index in [0.29, 0.717) is 0 Å². The van der Waals surface area contributed by atoms with E-state index >= 15 is 0 Å². The van der Waals surface area contributed by atoms with Crippen molar-refractivity contribution in [3.63, 3.8) is 0 Å². The first kappa shape index (κ1) is 32.4. The van der Waals surface area contributed by atoms with Crippen LogP contribution in [0, 0.1) is 24.5 Å². The van der Waals surface area contributed by atoms with E-state index in [1.165, 1.54) is 25.3 Å². The Morgan fingerprint density at radius 3 is 2.10 bits per heavy atom. The third-order valence-electron chi connectivity index (χ3n) is 5.73. The lowest BCUT2D eigenvalue weighted by molar-refractivity contribution is -0.287. The minimum Gasteiger partial charge on any atom is -0.485 e. The quantitative estimate of drug-likeness (QED) is 0.240. The number of nitrogens with zero attached hydrogens (tertiary/aromatic N) is 2. The van der Waals surface area contributed by atoms with Gasteiger partial charge >= 0.3 is 24.5 Å². The summed E-state index contributed by atoms with van der Waals surface area (Å²) in [5, 5.41) is 1.74. The van der Waals surface area contributed by atoms with E-state index in [1.54, 1.807) is 5.32 Å². The summed E-state index contributed by atoms with van der Waals surface area (Å²) in [6.45, 7) is -1.13. The summed E-state index contributed by atoms with van der Waals surface area (Å²) in [6, 6.07) is 3.18. The minimum absolute atomic E-state index is 0.146. The van der Waals surface area contributed by atoms with Crippen molar-refractivity contribution in [2.24, 2.45) is 5.92 Å². The molecule has 0 fully saturated rings. The molecular formula is C24H18F11N3O4. The zero-order valence-electron chi connectivity index (χ0n) is 20.9. The predicted octanol–water partition coefficient (Wildman–Crippen LogP) is 5.83. The number of rotatable bonds is 9. The molecule has 0 aliphatic carbocycles. The molecular weight excluding hydrogens is 603 g/mol.